The van der Waals surface area contributed by atoms with Gasteiger partial charge in [0.25, 0.3) is 5.91 Å². The summed E-state index contributed by atoms with van der Waals surface area (Å²) in [5.74, 6) is -0.0599. The molecule has 1 aromatic carbocycles. The Morgan fingerprint density at radius 1 is 1.11 bits per heavy atom. The van der Waals surface area contributed by atoms with Crippen LogP contribution in [-0.4, -0.2) is 30.6 Å². The Bertz CT molecular complexity index is 982. The average Bonchev–Trinajstić information content (AvgIpc) is 3.04. The van der Waals surface area contributed by atoms with Crippen LogP contribution >= 0.6 is 11.3 Å². The van der Waals surface area contributed by atoms with E-state index >= 15 is 0 Å². The molecular weight excluding hydrogens is 376 g/mol. The highest BCUT2D eigenvalue weighted by atomic mass is 32.1. The highest BCUT2D eigenvalue weighted by Gasteiger charge is 2.25. The van der Waals surface area contributed by atoms with Gasteiger partial charge in [0, 0.05) is 28.4 Å². The van der Waals surface area contributed by atoms with Crippen LogP contribution in [0.3, 0.4) is 0 Å². The number of pyridine rings is 1. The second kappa shape index (κ2) is 8.67. The number of carbonyl (C=O) groups excluding carboxylic acids is 2. The van der Waals surface area contributed by atoms with Crippen molar-refractivity contribution in [3.05, 3.63) is 64.8 Å². The zero-order chi connectivity index (χ0) is 20.1. The van der Waals surface area contributed by atoms with Gasteiger partial charge in [0.1, 0.15) is 16.3 Å². The largest absolute Gasteiger partial charge is 0.494 e. The molecule has 0 unspecified atom stereocenters. The van der Waals surface area contributed by atoms with Gasteiger partial charge in [-0.1, -0.05) is 12.1 Å². The van der Waals surface area contributed by atoms with Crippen LogP contribution in [0.4, 0.5) is 5.00 Å². The van der Waals surface area contributed by atoms with Crippen molar-refractivity contribution in [1.29, 1.82) is 0 Å². The monoisotopic (exact) mass is 396 g/mol. The van der Waals surface area contributed by atoms with E-state index in [0.717, 1.165) is 21.8 Å². The van der Waals surface area contributed by atoms with Gasteiger partial charge in [-0.3, -0.25) is 9.78 Å². The molecule has 0 spiro atoms. The highest BCUT2D eigenvalue weighted by Crippen LogP contribution is 2.41. The number of aromatic nitrogens is 1. The molecule has 3 aromatic rings. The minimum atomic E-state index is -0.502. The van der Waals surface area contributed by atoms with Gasteiger partial charge >= 0.3 is 5.97 Å². The third-order valence-corrected chi connectivity index (χ3v) is 5.12. The Morgan fingerprint density at radius 2 is 1.79 bits per heavy atom. The van der Waals surface area contributed by atoms with Crippen molar-refractivity contribution in [3.8, 4) is 16.9 Å². The second-order valence-corrected chi connectivity index (χ2v) is 7.10. The molecule has 0 aliphatic rings. The number of rotatable bonds is 6. The van der Waals surface area contributed by atoms with E-state index in [1.807, 2.05) is 38.1 Å². The molecule has 3 rings (SSSR count). The van der Waals surface area contributed by atoms with Crippen LogP contribution in [0, 0.1) is 6.92 Å². The van der Waals surface area contributed by atoms with Crippen LogP contribution in [0.2, 0.25) is 0 Å². The molecule has 28 heavy (non-hydrogen) atoms. The maximum Gasteiger partial charge on any atom is 0.341 e. The molecule has 1 amide bonds. The molecule has 2 heterocycles. The number of nitrogens with one attached hydrogen (secondary N) is 1. The predicted octanol–water partition coefficient (Wildman–Crippen LogP) is 4.56. The number of thiophene rings is 1. The number of nitrogens with zero attached hydrogens (tertiary/aromatic N) is 1. The molecule has 1 N–H and O–H groups in total. The lowest BCUT2D eigenvalue weighted by molar-refractivity contribution is 0.0603. The molecule has 0 saturated carbocycles. The van der Waals surface area contributed by atoms with Gasteiger partial charge in [0.2, 0.25) is 0 Å². The summed E-state index contributed by atoms with van der Waals surface area (Å²) in [5, 5.41) is 3.28. The molecule has 2 aromatic heterocycles. The lowest BCUT2D eigenvalue weighted by atomic mass is 10.0. The molecule has 0 aliphatic heterocycles. The van der Waals surface area contributed by atoms with Gasteiger partial charge < -0.3 is 14.8 Å². The molecule has 0 radical (unpaired) electrons. The van der Waals surface area contributed by atoms with Crippen molar-refractivity contribution >= 4 is 28.2 Å². The standard InChI is InChI=1S/C21H20N2O4S/c1-4-27-16-7-5-14(6-8-16)17-13(2)28-20(18(17)21(25)26-3)23-19(24)15-9-11-22-12-10-15/h5-12H,4H2,1-3H3,(H,23,24). The quantitative estimate of drug-likeness (QED) is 0.618. The first-order chi connectivity index (χ1) is 13.5. The van der Waals surface area contributed by atoms with E-state index in [-0.39, 0.29) is 5.91 Å². The number of methoxy groups -OCH3 is 1. The number of anilines is 1. The molecule has 0 bridgehead atoms. The number of hydrogen-bond donors (Lipinski definition) is 1. The van der Waals surface area contributed by atoms with Crippen LogP contribution in [0.25, 0.3) is 11.1 Å². The van der Waals surface area contributed by atoms with Crippen LogP contribution in [0.1, 0.15) is 32.5 Å². The smallest absolute Gasteiger partial charge is 0.341 e. The summed E-state index contributed by atoms with van der Waals surface area (Å²) in [6.07, 6.45) is 3.09. The van der Waals surface area contributed by atoms with Crippen molar-refractivity contribution in [2.45, 2.75) is 13.8 Å². The summed E-state index contributed by atoms with van der Waals surface area (Å²) in [4.78, 5) is 29.9. The summed E-state index contributed by atoms with van der Waals surface area (Å²) in [6, 6.07) is 10.7. The van der Waals surface area contributed by atoms with E-state index in [1.165, 1.54) is 18.4 Å². The van der Waals surface area contributed by atoms with Gasteiger partial charge in [-0.15, -0.1) is 11.3 Å². The topological polar surface area (TPSA) is 77.5 Å². The van der Waals surface area contributed by atoms with Crippen molar-refractivity contribution in [1.82, 2.24) is 4.98 Å². The van der Waals surface area contributed by atoms with E-state index in [2.05, 4.69) is 10.3 Å². The third kappa shape index (κ3) is 4.04. The van der Waals surface area contributed by atoms with Gasteiger partial charge in [0.15, 0.2) is 0 Å². The maximum absolute atomic E-state index is 12.5. The summed E-state index contributed by atoms with van der Waals surface area (Å²) in [5.41, 5.74) is 2.39. The number of esters is 1. The molecule has 0 saturated heterocycles. The lowest BCUT2D eigenvalue weighted by Gasteiger charge is -2.09. The van der Waals surface area contributed by atoms with E-state index < -0.39 is 5.97 Å². The molecule has 0 atom stereocenters. The van der Waals surface area contributed by atoms with Crippen molar-refractivity contribution in [3.63, 3.8) is 0 Å². The van der Waals surface area contributed by atoms with E-state index in [9.17, 15) is 9.59 Å². The minimum Gasteiger partial charge on any atom is -0.494 e. The predicted molar refractivity (Wildman–Crippen MR) is 109 cm³/mol. The molecule has 0 fully saturated rings. The number of ether oxygens (including phenoxy) is 2. The Balaban J connectivity index is 2.01. The van der Waals surface area contributed by atoms with Crippen LogP contribution in [0.15, 0.2) is 48.8 Å². The van der Waals surface area contributed by atoms with Crippen molar-refractivity contribution in [2.24, 2.45) is 0 Å². The van der Waals surface area contributed by atoms with Crippen molar-refractivity contribution in [2.75, 3.05) is 19.0 Å². The maximum atomic E-state index is 12.5. The molecular formula is C21H20N2O4S. The fourth-order valence-electron chi connectivity index (χ4n) is 2.84. The zero-order valence-electron chi connectivity index (χ0n) is 15.8. The fraction of sp³-hybridized carbons (Fsp3) is 0.190. The SMILES string of the molecule is CCOc1ccc(-c2c(C)sc(NC(=O)c3ccncc3)c2C(=O)OC)cc1. The Morgan fingerprint density at radius 3 is 2.39 bits per heavy atom. The summed E-state index contributed by atoms with van der Waals surface area (Å²) < 4.78 is 10.5. The van der Waals surface area contributed by atoms with Gasteiger partial charge in [-0.05, 0) is 43.7 Å². The second-order valence-electron chi connectivity index (χ2n) is 5.88. The van der Waals surface area contributed by atoms with Crippen LogP contribution in [-0.2, 0) is 4.74 Å². The van der Waals surface area contributed by atoms with Gasteiger partial charge in [-0.25, -0.2) is 4.79 Å². The molecule has 7 heteroatoms. The molecule has 6 nitrogen and oxygen atoms in total. The third-order valence-electron chi connectivity index (χ3n) is 4.10. The number of hydrogen-bond acceptors (Lipinski definition) is 6. The normalized spacial score (nSPS) is 10.4. The zero-order valence-corrected chi connectivity index (χ0v) is 16.6. The number of aryl methyl sites for hydroxylation is 1. The van der Waals surface area contributed by atoms with Crippen LogP contribution < -0.4 is 10.1 Å². The summed E-state index contributed by atoms with van der Waals surface area (Å²) >= 11 is 1.34. The first kappa shape index (κ1) is 19.6. The first-order valence-corrected chi connectivity index (χ1v) is 9.53. The minimum absolute atomic E-state index is 0.313. The fourth-order valence-corrected chi connectivity index (χ4v) is 3.90. The Hall–Kier alpha value is -3.19. The first-order valence-electron chi connectivity index (χ1n) is 8.71. The Kier molecular flexibility index (Phi) is 6.06. The van der Waals surface area contributed by atoms with Crippen LogP contribution in [0.5, 0.6) is 5.75 Å². The Labute approximate surface area is 167 Å². The summed E-state index contributed by atoms with van der Waals surface area (Å²) in [6.45, 7) is 4.41. The van der Waals surface area contributed by atoms with E-state index in [1.54, 1.807) is 24.5 Å². The number of carbonyl (C=O) groups is 2. The lowest BCUT2D eigenvalue weighted by Crippen LogP contribution is -2.14. The molecule has 0 aliphatic carbocycles. The number of amides is 1. The van der Waals surface area contributed by atoms with Crippen molar-refractivity contribution < 1.29 is 19.1 Å². The van der Waals surface area contributed by atoms with E-state index in [0.29, 0.717) is 22.7 Å². The van der Waals surface area contributed by atoms with E-state index in [4.69, 9.17) is 9.47 Å². The van der Waals surface area contributed by atoms with Gasteiger partial charge in [-0.2, -0.15) is 0 Å². The molecule has 144 valence electrons. The summed E-state index contributed by atoms with van der Waals surface area (Å²) in [7, 11) is 1.33. The average molecular weight is 396 g/mol. The van der Waals surface area contributed by atoms with Gasteiger partial charge in [0.05, 0.1) is 13.7 Å². The number of benzene rings is 1. The highest BCUT2D eigenvalue weighted by molar-refractivity contribution is 7.17.